The lowest BCUT2D eigenvalue weighted by molar-refractivity contribution is -0.0673. The number of hydrogen-bond acceptors (Lipinski definition) is 6. The Labute approximate surface area is 263 Å². The van der Waals surface area contributed by atoms with Gasteiger partial charge in [0.2, 0.25) is 0 Å². The zero-order chi connectivity index (χ0) is 30.0. The first-order valence-corrected chi connectivity index (χ1v) is 19.0. The van der Waals surface area contributed by atoms with Gasteiger partial charge >= 0.3 is 17.2 Å². The fourth-order valence-electron chi connectivity index (χ4n) is 5.49. The first kappa shape index (κ1) is 34.6. The van der Waals surface area contributed by atoms with Crippen molar-refractivity contribution in [3.05, 3.63) is 59.7 Å². The third kappa shape index (κ3) is 12.2. The van der Waals surface area contributed by atoms with Gasteiger partial charge in [-0.05, 0) is 48.9 Å². The van der Waals surface area contributed by atoms with Crippen molar-refractivity contribution in [2.24, 2.45) is 5.41 Å². The van der Waals surface area contributed by atoms with Crippen LogP contribution in [0.3, 0.4) is 0 Å². The minimum atomic E-state index is -1.45. The van der Waals surface area contributed by atoms with Crippen molar-refractivity contribution in [1.82, 2.24) is 0 Å². The Morgan fingerprint density at radius 3 is 1.26 bits per heavy atom. The molecule has 0 unspecified atom stereocenters. The van der Waals surface area contributed by atoms with Crippen LogP contribution in [0.4, 0.5) is 0 Å². The van der Waals surface area contributed by atoms with Gasteiger partial charge in [-0.2, -0.15) is 0 Å². The number of benzene rings is 2. The molecule has 8 heteroatoms. The molecular weight excluding hydrogens is 578 g/mol. The van der Waals surface area contributed by atoms with Crippen molar-refractivity contribution >= 4 is 17.2 Å². The number of aryl methyl sites for hydroxylation is 2. The van der Waals surface area contributed by atoms with Crippen molar-refractivity contribution in [3.63, 3.8) is 0 Å². The highest BCUT2D eigenvalue weighted by Gasteiger charge is 2.45. The fraction of sp³-hybridized carbons (Fsp3) is 0.657. The van der Waals surface area contributed by atoms with Crippen LogP contribution in [-0.2, 0) is 30.9 Å². The van der Waals surface area contributed by atoms with E-state index in [2.05, 4.69) is 38.1 Å². The predicted molar refractivity (Wildman–Crippen MR) is 178 cm³/mol. The van der Waals surface area contributed by atoms with Crippen molar-refractivity contribution in [2.45, 2.75) is 117 Å². The summed E-state index contributed by atoms with van der Waals surface area (Å²) in [5.74, 6) is 1.75. The van der Waals surface area contributed by atoms with E-state index < -0.39 is 17.2 Å². The van der Waals surface area contributed by atoms with E-state index in [1.54, 1.807) is 0 Å². The molecule has 43 heavy (non-hydrogen) atoms. The van der Waals surface area contributed by atoms with Gasteiger partial charge in [-0.1, -0.05) is 127 Å². The van der Waals surface area contributed by atoms with Crippen molar-refractivity contribution in [1.29, 1.82) is 0 Å². The summed E-state index contributed by atoms with van der Waals surface area (Å²) in [6, 6.07) is 16.6. The maximum Gasteiger partial charge on any atom is 0.397 e. The van der Waals surface area contributed by atoms with E-state index in [0.29, 0.717) is 26.4 Å². The summed E-state index contributed by atoms with van der Waals surface area (Å²) < 4.78 is 36.8. The molecule has 0 aliphatic carbocycles. The van der Waals surface area contributed by atoms with Crippen LogP contribution in [0.2, 0.25) is 0 Å². The minimum Gasteiger partial charge on any atom is -0.426 e. The highest BCUT2D eigenvalue weighted by molar-refractivity contribution is 7.42. The van der Waals surface area contributed by atoms with E-state index in [9.17, 15) is 0 Å². The van der Waals surface area contributed by atoms with Crippen molar-refractivity contribution < 1.29 is 27.1 Å². The van der Waals surface area contributed by atoms with Gasteiger partial charge in [-0.25, -0.2) is 0 Å². The first-order valence-electron chi connectivity index (χ1n) is 16.8. The summed E-state index contributed by atoms with van der Waals surface area (Å²) in [5.41, 5.74) is 2.12. The molecule has 2 aliphatic heterocycles. The Kier molecular flexibility index (Phi) is 16.1. The van der Waals surface area contributed by atoms with E-state index in [4.69, 9.17) is 27.1 Å². The topological polar surface area (TPSA) is 55.4 Å². The Bertz CT molecular complexity index is 936. The molecule has 0 radical (unpaired) electrons. The van der Waals surface area contributed by atoms with E-state index in [-0.39, 0.29) is 5.41 Å². The second-order valence-electron chi connectivity index (χ2n) is 12.2. The summed E-state index contributed by atoms with van der Waals surface area (Å²) >= 11 is 0. The second kappa shape index (κ2) is 20.0. The third-order valence-corrected chi connectivity index (χ3v) is 10.3. The summed E-state index contributed by atoms with van der Waals surface area (Å²) in [6.45, 7) is 6.46. The Balaban J connectivity index is 1.15. The molecule has 6 nitrogen and oxygen atoms in total. The lowest BCUT2D eigenvalue weighted by atomic mass is 9.93. The number of rotatable bonds is 20. The molecular formula is C35H54O6P2. The van der Waals surface area contributed by atoms with E-state index in [0.717, 1.165) is 24.3 Å². The van der Waals surface area contributed by atoms with Crippen LogP contribution in [0, 0.1) is 5.41 Å². The van der Waals surface area contributed by atoms with Gasteiger partial charge in [0.15, 0.2) is 0 Å². The molecule has 4 rings (SSSR count). The SMILES string of the molecule is CCCCCCCCCc1ccccc1OP1OCC2(CO1)COP(Oc1ccccc1CCCCCCCCC)OC2. The molecule has 2 aromatic carbocycles. The van der Waals surface area contributed by atoms with Crippen molar-refractivity contribution in [3.8, 4) is 11.5 Å². The first-order chi connectivity index (χ1) is 21.2. The highest BCUT2D eigenvalue weighted by atomic mass is 31.2. The molecule has 240 valence electrons. The van der Waals surface area contributed by atoms with Crippen LogP contribution in [-0.4, -0.2) is 26.4 Å². The molecule has 2 heterocycles. The molecule has 0 N–H and O–H groups in total. The van der Waals surface area contributed by atoms with Gasteiger partial charge < -0.3 is 27.1 Å². The zero-order valence-electron chi connectivity index (χ0n) is 26.6. The third-order valence-electron chi connectivity index (χ3n) is 8.29. The van der Waals surface area contributed by atoms with Crippen LogP contribution in [0.1, 0.15) is 115 Å². The van der Waals surface area contributed by atoms with E-state index >= 15 is 0 Å². The lowest BCUT2D eigenvalue weighted by Gasteiger charge is -2.41. The number of para-hydroxylation sites is 2. The summed E-state index contributed by atoms with van der Waals surface area (Å²) in [5, 5.41) is 0. The van der Waals surface area contributed by atoms with Gasteiger partial charge in [0.1, 0.15) is 11.5 Å². The van der Waals surface area contributed by atoms with Gasteiger partial charge in [0, 0.05) is 0 Å². The quantitative estimate of drug-likeness (QED) is 0.107. The Hall–Kier alpha value is -1.26. The van der Waals surface area contributed by atoms with Crippen LogP contribution in [0.5, 0.6) is 11.5 Å². The molecule has 0 saturated carbocycles. The molecule has 2 aliphatic rings. The van der Waals surface area contributed by atoms with Gasteiger partial charge in [-0.3, -0.25) is 0 Å². The predicted octanol–water partition coefficient (Wildman–Crippen LogP) is 11.3. The highest BCUT2D eigenvalue weighted by Crippen LogP contribution is 2.53. The molecule has 1 spiro atoms. The monoisotopic (exact) mass is 632 g/mol. The summed E-state index contributed by atoms with van der Waals surface area (Å²) in [4.78, 5) is 0. The van der Waals surface area contributed by atoms with Crippen LogP contribution >= 0.6 is 17.2 Å². The van der Waals surface area contributed by atoms with Gasteiger partial charge in [-0.15, -0.1) is 0 Å². The average molecular weight is 633 g/mol. The molecule has 2 fully saturated rings. The smallest absolute Gasteiger partial charge is 0.397 e. The van der Waals surface area contributed by atoms with Gasteiger partial charge in [0.05, 0.1) is 31.8 Å². The molecule has 0 atom stereocenters. The number of unbranched alkanes of at least 4 members (excludes halogenated alkanes) is 12. The average Bonchev–Trinajstić information content (AvgIpc) is 3.04. The molecule has 0 bridgehead atoms. The minimum absolute atomic E-state index is 0.334. The molecule has 0 amide bonds. The van der Waals surface area contributed by atoms with Crippen LogP contribution in [0.15, 0.2) is 48.5 Å². The zero-order valence-corrected chi connectivity index (χ0v) is 28.4. The fourth-order valence-corrected chi connectivity index (χ4v) is 8.05. The standard InChI is InChI=1S/C35H54O6P2/c1-3-5-7-9-11-13-15-21-31-23-17-19-25-33(31)40-42-36-27-35(28-37-42)29-38-43(39-30-35)41-34-26-20-18-24-32(34)22-16-14-12-10-8-6-4-2/h17-20,23-26H,3-16,21-22,27-30H2,1-2H3. The van der Waals surface area contributed by atoms with Gasteiger partial charge in [0.25, 0.3) is 0 Å². The second-order valence-corrected chi connectivity index (χ2v) is 14.5. The van der Waals surface area contributed by atoms with Crippen LogP contribution < -0.4 is 9.05 Å². The Morgan fingerprint density at radius 2 is 0.860 bits per heavy atom. The molecule has 2 aromatic rings. The maximum absolute atomic E-state index is 6.23. The largest absolute Gasteiger partial charge is 0.426 e. The summed E-state index contributed by atoms with van der Waals surface area (Å²) in [7, 11) is -2.90. The summed E-state index contributed by atoms with van der Waals surface area (Å²) in [6.07, 6.45) is 20.2. The molecule has 2 saturated heterocycles. The van der Waals surface area contributed by atoms with Crippen molar-refractivity contribution in [2.75, 3.05) is 26.4 Å². The van der Waals surface area contributed by atoms with Crippen LogP contribution in [0.25, 0.3) is 0 Å². The number of hydrogen-bond donors (Lipinski definition) is 0. The normalized spacial score (nSPS) is 22.1. The lowest BCUT2D eigenvalue weighted by Crippen LogP contribution is -2.45. The molecule has 0 aromatic heterocycles. The van der Waals surface area contributed by atoms with E-state index in [1.807, 2.05) is 24.3 Å². The maximum atomic E-state index is 6.23. The Morgan fingerprint density at radius 1 is 0.512 bits per heavy atom. The van der Waals surface area contributed by atoms with E-state index in [1.165, 1.54) is 101 Å².